The number of nitrogen functional groups attached to an aromatic ring is 1. The fraction of sp³-hybridized carbons (Fsp3) is 0.143. The number of methoxy groups -OCH3 is 1. The van der Waals surface area contributed by atoms with Crippen molar-refractivity contribution in [1.82, 2.24) is 0 Å². The minimum atomic E-state index is -3.72. The molecule has 0 aliphatic rings. The third-order valence-electron chi connectivity index (χ3n) is 2.73. The molecule has 0 bridgehead atoms. The van der Waals surface area contributed by atoms with Crippen LogP contribution in [0.25, 0.3) is 0 Å². The zero-order valence-electron chi connectivity index (χ0n) is 11.3. The Morgan fingerprint density at radius 1 is 1.24 bits per heavy atom. The number of sulfonamides is 1. The largest absolute Gasteiger partial charge is 0.399 e. The second-order valence-corrected chi connectivity index (χ2v) is 6.93. The summed E-state index contributed by atoms with van der Waals surface area (Å²) in [5, 5.41) is 0. The number of nitrogens with two attached hydrogens (primary N) is 1. The lowest BCUT2D eigenvalue weighted by Gasteiger charge is -2.11. The van der Waals surface area contributed by atoms with Gasteiger partial charge in [0.05, 0.1) is 6.61 Å². The number of hydrogen-bond acceptors (Lipinski definition) is 4. The maximum Gasteiger partial charge on any atom is 0.263 e. The number of hydrogen-bond donors (Lipinski definition) is 2. The molecule has 0 amide bonds. The topological polar surface area (TPSA) is 81.4 Å². The second-order valence-electron chi connectivity index (χ2n) is 4.43. The summed E-state index contributed by atoms with van der Waals surface area (Å²) in [5.41, 5.74) is 7.38. The third-order valence-corrected chi connectivity index (χ3v) is 5.11. The van der Waals surface area contributed by atoms with E-state index in [1.807, 2.05) is 6.07 Å². The quantitative estimate of drug-likeness (QED) is 0.792. The normalized spacial score (nSPS) is 11.3. The summed E-state index contributed by atoms with van der Waals surface area (Å²) in [6.07, 6.45) is 0. The Hall–Kier alpha value is -1.57. The van der Waals surface area contributed by atoms with E-state index in [1.54, 1.807) is 37.4 Å². The molecule has 0 aromatic heterocycles. The molecule has 2 rings (SSSR count). The van der Waals surface area contributed by atoms with Crippen molar-refractivity contribution in [2.45, 2.75) is 11.5 Å². The standard InChI is InChI=1S/C14H15BrN2O3S/c1-20-9-10-3-2-4-12(7-10)17-21(18,19)14-8-11(16)5-6-13(14)15/h2-8,17H,9,16H2,1H3. The smallest absolute Gasteiger partial charge is 0.263 e. The molecule has 0 unspecified atom stereocenters. The fourth-order valence-electron chi connectivity index (χ4n) is 1.83. The average molecular weight is 371 g/mol. The number of rotatable bonds is 5. The van der Waals surface area contributed by atoms with Crippen molar-refractivity contribution in [3.05, 3.63) is 52.5 Å². The predicted octanol–water partition coefficient (Wildman–Crippen LogP) is 2.98. The van der Waals surface area contributed by atoms with Crippen molar-refractivity contribution in [3.8, 4) is 0 Å². The minimum absolute atomic E-state index is 0.0969. The first kappa shape index (κ1) is 15.8. The summed E-state index contributed by atoms with van der Waals surface area (Å²) in [7, 11) is -2.13. The van der Waals surface area contributed by atoms with Gasteiger partial charge in [-0.2, -0.15) is 0 Å². The third kappa shape index (κ3) is 3.96. The first-order valence-electron chi connectivity index (χ1n) is 6.08. The van der Waals surface area contributed by atoms with Gasteiger partial charge in [0, 0.05) is 23.0 Å². The molecular weight excluding hydrogens is 356 g/mol. The molecule has 7 heteroatoms. The van der Waals surface area contributed by atoms with Crippen LogP contribution in [0, 0.1) is 0 Å². The lowest BCUT2D eigenvalue weighted by Crippen LogP contribution is -2.14. The Morgan fingerprint density at radius 2 is 2.00 bits per heavy atom. The van der Waals surface area contributed by atoms with Crippen molar-refractivity contribution in [2.24, 2.45) is 0 Å². The highest BCUT2D eigenvalue weighted by Gasteiger charge is 2.18. The molecule has 2 aromatic carbocycles. The van der Waals surface area contributed by atoms with Crippen molar-refractivity contribution < 1.29 is 13.2 Å². The van der Waals surface area contributed by atoms with Gasteiger partial charge in [0.2, 0.25) is 0 Å². The van der Waals surface area contributed by atoms with Crippen LogP contribution in [0.3, 0.4) is 0 Å². The highest BCUT2D eigenvalue weighted by atomic mass is 79.9. The van der Waals surface area contributed by atoms with Crippen LogP contribution in [0.4, 0.5) is 11.4 Å². The summed E-state index contributed by atoms with van der Waals surface area (Å²) < 4.78 is 32.9. The van der Waals surface area contributed by atoms with Gasteiger partial charge in [-0.3, -0.25) is 4.72 Å². The number of halogens is 1. The van der Waals surface area contributed by atoms with Crippen molar-refractivity contribution in [1.29, 1.82) is 0 Å². The molecule has 0 saturated heterocycles. The molecule has 112 valence electrons. The van der Waals surface area contributed by atoms with E-state index in [-0.39, 0.29) is 4.90 Å². The molecule has 0 aliphatic carbocycles. The van der Waals surface area contributed by atoms with E-state index in [1.165, 1.54) is 6.07 Å². The zero-order chi connectivity index (χ0) is 15.5. The van der Waals surface area contributed by atoms with E-state index in [4.69, 9.17) is 10.5 Å². The van der Waals surface area contributed by atoms with Crippen LogP contribution in [-0.4, -0.2) is 15.5 Å². The lowest BCUT2D eigenvalue weighted by atomic mass is 10.2. The molecular formula is C14H15BrN2O3S. The monoisotopic (exact) mass is 370 g/mol. The van der Waals surface area contributed by atoms with Gasteiger partial charge < -0.3 is 10.5 Å². The summed E-state index contributed by atoms with van der Waals surface area (Å²) in [4.78, 5) is 0.0969. The summed E-state index contributed by atoms with van der Waals surface area (Å²) in [6.45, 7) is 0.414. The number of benzene rings is 2. The minimum Gasteiger partial charge on any atom is -0.399 e. The van der Waals surface area contributed by atoms with E-state index in [0.717, 1.165) is 5.56 Å². The molecule has 0 fully saturated rings. The molecule has 3 N–H and O–H groups in total. The van der Waals surface area contributed by atoms with Crippen LogP contribution in [0.5, 0.6) is 0 Å². The van der Waals surface area contributed by atoms with E-state index >= 15 is 0 Å². The fourth-order valence-corrected chi connectivity index (χ4v) is 3.88. The molecule has 0 saturated carbocycles. The van der Waals surface area contributed by atoms with Crippen LogP contribution in [0.1, 0.15) is 5.56 Å². The molecule has 0 aliphatic heterocycles. The molecule has 0 heterocycles. The number of ether oxygens (including phenoxy) is 1. The highest BCUT2D eigenvalue weighted by Crippen LogP contribution is 2.26. The summed E-state index contributed by atoms with van der Waals surface area (Å²) in [5.74, 6) is 0. The van der Waals surface area contributed by atoms with Gasteiger partial charge in [0.15, 0.2) is 0 Å². The molecule has 0 radical (unpaired) electrons. The van der Waals surface area contributed by atoms with Gasteiger partial charge in [-0.15, -0.1) is 0 Å². The van der Waals surface area contributed by atoms with Crippen molar-refractivity contribution in [3.63, 3.8) is 0 Å². The van der Waals surface area contributed by atoms with E-state index in [9.17, 15) is 8.42 Å². The Bertz CT molecular complexity index is 748. The van der Waals surface area contributed by atoms with E-state index in [2.05, 4.69) is 20.7 Å². The van der Waals surface area contributed by atoms with Crippen molar-refractivity contribution >= 4 is 37.3 Å². The second kappa shape index (κ2) is 6.46. The van der Waals surface area contributed by atoms with Crippen molar-refractivity contribution in [2.75, 3.05) is 17.6 Å². The van der Waals surface area contributed by atoms with Gasteiger partial charge in [-0.1, -0.05) is 12.1 Å². The molecule has 0 spiro atoms. The van der Waals surface area contributed by atoms with Crippen LogP contribution in [0.15, 0.2) is 51.8 Å². The average Bonchev–Trinajstić information content (AvgIpc) is 2.42. The number of nitrogens with one attached hydrogen (secondary N) is 1. The van der Waals surface area contributed by atoms with Crippen LogP contribution < -0.4 is 10.5 Å². The van der Waals surface area contributed by atoms with E-state index < -0.39 is 10.0 Å². The van der Waals surface area contributed by atoms with Gasteiger partial charge in [0.25, 0.3) is 10.0 Å². The summed E-state index contributed by atoms with van der Waals surface area (Å²) >= 11 is 3.22. The highest BCUT2D eigenvalue weighted by molar-refractivity contribution is 9.10. The van der Waals surface area contributed by atoms with E-state index in [0.29, 0.717) is 22.5 Å². The molecule has 5 nitrogen and oxygen atoms in total. The van der Waals surface area contributed by atoms with Gasteiger partial charge in [-0.05, 0) is 51.8 Å². The van der Waals surface area contributed by atoms with Crippen LogP contribution in [0.2, 0.25) is 0 Å². The summed E-state index contributed by atoms with van der Waals surface area (Å²) in [6, 6.07) is 11.7. The predicted molar refractivity (Wildman–Crippen MR) is 86.5 cm³/mol. The first-order chi connectivity index (χ1) is 9.92. The molecule has 21 heavy (non-hydrogen) atoms. The zero-order valence-corrected chi connectivity index (χ0v) is 13.7. The Labute approximate surface area is 132 Å². The molecule has 0 atom stereocenters. The van der Waals surface area contributed by atoms with Crippen LogP contribution >= 0.6 is 15.9 Å². The van der Waals surface area contributed by atoms with Gasteiger partial charge in [-0.25, -0.2) is 8.42 Å². The Balaban J connectivity index is 2.33. The maximum atomic E-state index is 12.4. The van der Waals surface area contributed by atoms with Crippen LogP contribution in [-0.2, 0) is 21.4 Å². The van der Waals surface area contributed by atoms with Gasteiger partial charge in [0.1, 0.15) is 4.90 Å². The first-order valence-corrected chi connectivity index (χ1v) is 8.36. The Kier molecular flexibility index (Phi) is 4.87. The maximum absolute atomic E-state index is 12.4. The van der Waals surface area contributed by atoms with Gasteiger partial charge >= 0.3 is 0 Å². The SMILES string of the molecule is COCc1cccc(NS(=O)(=O)c2cc(N)ccc2Br)c1. The number of anilines is 2. The molecule has 2 aromatic rings. The lowest BCUT2D eigenvalue weighted by molar-refractivity contribution is 0.185. The Morgan fingerprint density at radius 3 is 2.71 bits per heavy atom.